The van der Waals surface area contributed by atoms with Gasteiger partial charge in [-0.3, -0.25) is 19.1 Å². The summed E-state index contributed by atoms with van der Waals surface area (Å²) in [6.45, 7) is 1.12. The third kappa shape index (κ3) is 4.76. The van der Waals surface area contributed by atoms with Crippen LogP contribution in [-0.4, -0.2) is 46.8 Å². The molecule has 2 fully saturated rings. The zero-order valence-corrected chi connectivity index (χ0v) is 20.8. The molecule has 1 unspecified atom stereocenters. The number of benzene rings is 1. The number of rotatable bonds is 5. The molecule has 3 N–H and O–H groups in total. The smallest absolute Gasteiger partial charge is 0.270 e. The van der Waals surface area contributed by atoms with Crippen molar-refractivity contribution in [2.24, 2.45) is 13.0 Å². The molecule has 1 spiro atoms. The summed E-state index contributed by atoms with van der Waals surface area (Å²) >= 11 is 0. The molecule has 5 rings (SSSR count). The number of carbonyl (C=O) groups excluding carboxylic acids is 3. The van der Waals surface area contributed by atoms with E-state index in [0.717, 1.165) is 49.8 Å². The van der Waals surface area contributed by atoms with Gasteiger partial charge in [0.05, 0.1) is 5.41 Å². The maximum absolute atomic E-state index is 13.6. The first-order chi connectivity index (χ1) is 17.5. The molecule has 2 aliphatic heterocycles. The Morgan fingerprint density at radius 2 is 1.83 bits per heavy atom. The zero-order chi connectivity index (χ0) is 25.1. The lowest BCUT2D eigenvalue weighted by Crippen LogP contribution is -2.49. The van der Waals surface area contributed by atoms with E-state index in [4.69, 9.17) is 4.74 Å². The molecule has 3 amide bonds. The minimum atomic E-state index is -0.657. The van der Waals surface area contributed by atoms with Crippen molar-refractivity contribution < 1.29 is 19.1 Å². The van der Waals surface area contributed by atoms with Gasteiger partial charge in [0.2, 0.25) is 11.8 Å². The second-order valence-electron chi connectivity index (χ2n) is 10.3. The molecular weight excluding hydrogens is 458 g/mol. The highest BCUT2D eigenvalue weighted by atomic mass is 16.5. The Hall–Kier alpha value is -3.20. The summed E-state index contributed by atoms with van der Waals surface area (Å²) in [5.74, 6) is -0.483. The minimum Gasteiger partial charge on any atom is -0.381 e. The molecule has 1 aromatic carbocycles. The molecule has 1 saturated heterocycles. The highest BCUT2D eigenvalue weighted by Crippen LogP contribution is 2.45. The minimum absolute atomic E-state index is 0.000106. The number of anilines is 2. The monoisotopic (exact) mass is 493 g/mol. The first-order valence-corrected chi connectivity index (χ1v) is 13.1. The maximum atomic E-state index is 13.6. The number of aryl methyl sites for hydroxylation is 1. The standard InChI is InChI=1S/C27H35N5O4/c1-32-22(11-14-28-32)24(33)31-23(18-7-5-3-2-4-6-8-18)25(34)29-19-9-10-20-21(17-19)30-26(35)27(20)12-15-36-16-13-27/h9-11,14,17-18,23H,2-8,12-13,15-16H2,1H3,(H,29,34)(H,30,35)(H,31,33). The first kappa shape index (κ1) is 24.5. The van der Waals surface area contributed by atoms with Crippen LogP contribution < -0.4 is 16.0 Å². The number of amides is 3. The van der Waals surface area contributed by atoms with Crippen LogP contribution in [0, 0.1) is 5.92 Å². The molecule has 0 radical (unpaired) electrons. The van der Waals surface area contributed by atoms with Crippen LogP contribution in [0.25, 0.3) is 0 Å². The molecule has 9 heteroatoms. The van der Waals surface area contributed by atoms with E-state index in [1.165, 1.54) is 11.1 Å². The number of hydrogen-bond acceptors (Lipinski definition) is 5. The van der Waals surface area contributed by atoms with Crippen LogP contribution in [0.5, 0.6) is 0 Å². The lowest BCUT2D eigenvalue weighted by molar-refractivity contribution is -0.124. The van der Waals surface area contributed by atoms with Gasteiger partial charge in [-0.25, -0.2) is 0 Å². The van der Waals surface area contributed by atoms with E-state index in [9.17, 15) is 14.4 Å². The third-order valence-electron chi connectivity index (χ3n) is 8.08. The van der Waals surface area contributed by atoms with Crippen LogP contribution in [0.15, 0.2) is 30.5 Å². The average Bonchev–Trinajstić information content (AvgIpc) is 3.39. The van der Waals surface area contributed by atoms with Gasteiger partial charge in [-0.1, -0.05) is 38.2 Å². The predicted octanol–water partition coefficient (Wildman–Crippen LogP) is 3.52. The van der Waals surface area contributed by atoms with Crippen molar-refractivity contribution in [2.75, 3.05) is 23.8 Å². The van der Waals surface area contributed by atoms with Gasteiger partial charge in [-0.2, -0.15) is 5.10 Å². The lowest BCUT2D eigenvalue weighted by atomic mass is 9.75. The van der Waals surface area contributed by atoms with E-state index in [2.05, 4.69) is 21.0 Å². The van der Waals surface area contributed by atoms with Crippen molar-refractivity contribution >= 4 is 29.1 Å². The second kappa shape index (κ2) is 10.4. The Labute approximate surface area is 211 Å². The van der Waals surface area contributed by atoms with E-state index in [-0.39, 0.29) is 23.6 Å². The molecule has 9 nitrogen and oxygen atoms in total. The summed E-state index contributed by atoms with van der Waals surface area (Å²) in [6.07, 6.45) is 10.3. The Bertz CT molecular complexity index is 1130. The van der Waals surface area contributed by atoms with Crippen molar-refractivity contribution in [2.45, 2.75) is 69.2 Å². The predicted molar refractivity (Wildman–Crippen MR) is 136 cm³/mol. The van der Waals surface area contributed by atoms with Crippen molar-refractivity contribution in [3.8, 4) is 0 Å². The third-order valence-corrected chi connectivity index (χ3v) is 8.08. The number of aromatic nitrogens is 2. The molecule has 192 valence electrons. The highest BCUT2D eigenvalue weighted by molar-refractivity contribution is 6.07. The first-order valence-electron chi connectivity index (χ1n) is 13.1. The molecule has 1 aromatic heterocycles. The zero-order valence-electron chi connectivity index (χ0n) is 20.8. The van der Waals surface area contributed by atoms with Crippen LogP contribution in [0.3, 0.4) is 0 Å². The van der Waals surface area contributed by atoms with Crippen molar-refractivity contribution in [1.82, 2.24) is 15.1 Å². The van der Waals surface area contributed by atoms with Gasteiger partial charge in [0.25, 0.3) is 5.91 Å². The number of ether oxygens (including phenoxy) is 1. The molecule has 1 aliphatic carbocycles. The van der Waals surface area contributed by atoms with Crippen molar-refractivity contribution in [1.29, 1.82) is 0 Å². The number of nitrogens with one attached hydrogen (secondary N) is 3. The highest BCUT2D eigenvalue weighted by Gasteiger charge is 2.47. The number of carbonyl (C=O) groups is 3. The van der Waals surface area contributed by atoms with Gasteiger partial charge in [0.15, 0.2) is 0 Å². The van der Waals surface area contributed by atoms with Gasteiger partial charge in [-0.05, 0) is 55.4 Å². The van der Waals surface area contributed by atoms with Crippen LogP contribution >= 0.6 is 0 Å². The summed E-state index contributed by atoms with van der Waals surface area (Å²) in [5.41, 5.74) is 2.18. The van der Waals surface area contributed by atoms with E-state index >= 15 is 0 Å². The van der Waals surface area contributed by atoms with E-state index in [1.54, 1.807) is 19.3 Å². The largest absolute Gasteiger partial charge is 0.381 e. The molecule has 3 heterocycles. The second-order valence-corrected chi connectivity index (χ2v) is 10.3. The SMILES string of the molecule is Cn1nccc1C(=O)NC(C(=O)Nc1ccc2c(c1)NC(=O)C21CCOCC1)C1CCCCCCC1. The van der Waals surface area contributed by atoms with Gasteiger partial charge in [0, 0.05) is 37.8 Å². The van der Waals surface area contributed by atoms with Gasteiger partial charge < -0.3 is 20.7 Å². The molecule has 1 atom stereocenters. The summed E-state index contributed by atoms with van der Waals surface area (Å²) in [4.78, 5) is 39.5. The molecule has 2 aromatic rings. The van der Waals surface area contributed by atoms with Crippen molar-refractivity contribution in [3.05, 3.63) is 41.7 Å². The topological polar surface area (TPSA) is 114 Å². The van der Waals surface area contributed by atoms with Crippen LogP contribution in [0.4, 0.5) is 11.4 Å². The molecule has 36 heavy (non-hydrogen) atoms. The van der Waals surface area contributed by atoms with Crippen LogP contribution in [0.2, 0.25) is 0 Å². The Morgan fingerprint density at radius 3 is 2.53 bits per heavy atom. The molecule has 3 aliphatic rings. The van der Waals surface area contributed by atoms with E-state index in [1.807, 2.05) is 18.2 Å². The fourth-order valence-corrected chi connectivity index (χ4v) is 5.97. The Balaban J connectivity index is 1.36. The normalized spacial score (nSPS) is 20.6. The fraction of sp³-hybridized carbons (Fsp3) is 0.556. The fourth-order valence-electron chi connectivity index (χ4n) is 5.97. The summed E-state index contributed by atoms with van der Waals surface area (Å²) < 4.78 is 7.00. The van der Waals surface area contributed by atoms with E-state index in [0.29, 0.717) is 37.4 Å². The number of hydrogen-bond donors (Lipinski definition) is 3. The summed E-state index contributed by atoms with van der Waals surface area (Å²) in [7, 11) is 1.71. The van der Waals surface area contributed by atoms with Gasteiger partial charge >= 0.3 is 0 Å². The summed E-state index contributed by atoms with van der Waals surface area (Å²) in [6, 6.07) is 6.61. The Morgan fingerprint density at radius 1 is 1.11 bits per heavy atom. The average molecular weight is 494 g/mol. The van der Waals surface area contributed by atoms with Crippen LogP contribution in [0.1, 0.15) is 73.8 Å². The molecule has 1 saturated carbocycles. The molecule has 0 bridgehead atoms. The van der Waals surface area contributed by atoms with Crippen molar-refractivity contribution in [3.63, 3.8) is 0 Å². The maximum Gasteiger partial charge on any atom is 0.270 e. The lowest BCUT2D eigenvalue weighted by Gasteiger charge is -2.31. The Kier molecular flexibility index (Phi) is 7.09. The van der Waals surface area contributed by atoms with E-state index < -0.39 is 11.5 Å². The summed E-state index contributed by atoms with van der Waals surface area (Å²) in [5, 5.41) is 13.1. The quantitative estimate of drug-likeness (QED) is 0.590. The number of nitrogens with zero attached hydrogens (tertiary/aromatic N) is 2. The van der Waals surface area contributed by atoms with Crippen LogP contribution in [-0.2, 0) is 26.8 Å². The van der Waals surface area contributed by atoms with Gasteiger partial charge in [-0.15, -0.1) is 0 Å². The molecular formula is C27H35N5O4. The van der Waals surface area contributed by atoms with Gasteiger partial charge in [0.1, 0.15) is 11.7 Å². The number of fused-ring (bicyclic) bond motifs is 2.